The summed E-state index contributed by atoms with van der Waals surface area (Å²) in [5.41, 5.74) is 10.0. The van der Waals surface area contributed by atoms with Gasteiger partial charge in [0.05, 0.1) is 11.9 Å². The van der Waals surface area contributed by atoms with E-state index in [0.717, 1.165) is 23.6 Å². The van der Waals surface area contributed by atoms with Gasteiger partial charge in [-0.05, 0) is 42.0 Å². The molecule has 180 valence electrons. The maximum absolute atomic E-state index is 10.6. The van der Waals surface area contributed by atoms with Gasteiger partial charge in [-0.1, -0.05) is 61.5 Å². The first-order chi connectivity index (χ1) is 15.9. The van der Waals surface area contributed by atoms with Crippen molar-refractivity contribution in [3.8, 4) is 0 Å². The minimum atomic E-state index is -4.45. The number of hydrogen-bond acceptors (Lipinski definition) is 5. The van der Waals surface area contributed by atoms with Gasteiger partial charge in [-0.25, -0.2) is 9.09 Å². The normalized spacial score (nSPS) is 16.0. The van der Waals surface area contributed by atoms with Gasteiger partial charge in [0.25, 0.3) is 0 Å². The summed E-state index contributed by atoms with van der Waals surface area (Å²) in [6.45, 7) is 0.0893. The van der Waals surface area contributed by atoms with E-state index < -0.39 is 7.82 Å². The number of nitrogens with two attached hydrogens (primary N) is 2. The first-order valence-electron chi connectivity index (χ1n) is 11.6. The van der Waals surface area contributed by atoms with Crippen LogP contribution in [-0.4, -0.2) is 28.2 Å². The number of phosphoric acid groups is 1. The average Bonchev–Trinajstić information content (AvgIpc) is 3.26. The summed E-state index contributed by atoms with van der Waals surface area (Å²) in [7, 11) is -4.45. The molecule has 1 aliphatic rings. The highest BCUT2D eigenvalue weighted by molar-refractivity contribution is 7.46. The van der Waals surface area contributed by atoms with Crippen LogP contribution in [0.15, 0.2) is 53.2 Å². The number of allylic oxidation sites excluding steroid dienone is 2. The van der Waals surface area contributed by atoms with E-state index in [2.05, 4.69) is 33.9 Å². The Labute approximate surface area is 195 Å². The van der Waals surface area contributed by atoms with E-state index in [0.29, 0.717) is 12.2 Å². The van der Waals surface area contributed by atoms with Crippen molar-refractivity contribution in [3.63, 3.8) is 0 Å². The molecule has 3 rings (SSSR count). The molecule has 33 heavy (non-hydrogen) atoms. The molecule has 0 atom stereocenters. The Hall–Kier alpha value is -2.06. The molecule has 8 nitrogen and oxygen atoms in total. The molecule has 0 radical (unpaired) electrons. The fourth-order valence-electron chi connectivity index (χ4n) is 4.12. The van der Waals surface area contributed by atoms with Gasteiger partial charge in [0.2, 0.25) is 0 Å². The van der Waals surface area contributed by atoms with Gasteiger partial charge in [-0.3, -0.25) is 5.32 Å². The van der Waals surface area contributed by atoms with Crippen LogP contribution in [0.1, 0.15) is 61.1 Å². The highest BCUT2D eigenvalue weighted by atomic mass is 31.2. The van der Waals surface area contributed by atoms with Crippen molar-refractivity contribution in [2.24, 2.45) is 11.7 Å². The highest BCUT2D eigenvalue weighted by Gasteiger charge is 2.14. The minimum Gasteiger partial charge on any atom is -0.356 e. The highest BCUT2D eigenvalue weighted by Crippen LogP contribution is 2.34. The zero-order valence-electron chi connectivity index (χ0n) is 18.9. The second-order valence-corrected chi connectivity index (χ2v) is 9.76. The Morgan fingerprint density at radius 3 is 2.64 bits per heavy atom. The van der Waals surface area contributed by atoms with Crippen LogP contribution in [0, 0.1) is 5.92 Å². The Bertz CT molecular complexity index is 959. The zero-order valence-corrected chi connectivity index (χ0v) is 19.8. The zero-order chi connectivity index (χ0) is 23.5. The number of aromatic nitrogens is 1. The van der Waals surface area contributed by atoms with Crippen molar-refractivity contribution in [1.82, 2.24) is 5.16 Å². The van der Waals surface area contributed by atoms with Crippen molar-refractivity contribution in [1.29, 1.82) is 0 Å². The smallest absolute Gasteiger partial charge is 0.356 e. The molecule has 0 amide bonds. The van der Waals surface area contributed by atoms with E-state index in [-0.39, 0.29) is 13.3 Å². The van der Waals surface area contributed by atoms with Gasteiger partial charge in [0.15, 0.2) is 12.5 Å². The molecule has 6 N–H and O–H groups in total. The number of rotatable bonds is 12. The van der Waals surface area contributed by atoms with Crippen LogP contribution in [0.2, 0.25) is 0 Å². The summed E-state index contributed by atoms with van der Waals surface area (Å²) < 4.78 is 20.4. The molecule has 0 unspecified atom stereocenters. The average molecular weight is 477 g/mol. The summed E-state index contributed by atoms with van der Waals surface area (Å²) in [6, 6.07) is 10.7. The summed E-state index contributed by atoms with van der Waals surface area (Å²) in [5.74, 6) is 1.50. The lowest BCUT2D eigenvalue weighted by atomic mass is 9.85. The topological polar surface area (TPSA) is 135 Å². The molecule has 0 spiro atoms. The van der Waals surface area contributed by atoms with Crippen molar-refractivity contribution < 1.29 is 28.7 Å². The molecule has 9 heteroatoms. The van der Waals surface area contributed by atoms with Crippen molar-refractivity contribution in [2.75, 3.05) is 13.3 Å². The van der Waals surface area contributed by atoms with Crippen LogP contribution < -0.4 is 11.1 Å². The molecule has 2 aromatic rings. The van der Waals surface area contributed by atoms with Crippen LogP contribution in [0.5, 0.6) is 0 Å². The lowest BCUT2D eigenvalue weighted by Crippen LogP contribution is -2.78. The summed E-state index contributed by atoms with van der Waals surface area (Å²) >= 11 is 0. The molecule has 1 aromatic heterocycles. The number of hydrogen-bond donors (Lipinski definition) is 4. The Kier molecular flexibility index (Phi) is 10.1. The van der Waals surface area contributed by atoms with Crippen molar-refractivity contribution in [2.45, 2.75) is 51.4 Å². The molecular weight excluding hydrogens is 441 g/mol. The standard InChI is InChI=1S/C24H34N3O5P/c25-17-22(7-4-14-26-18-31-33(28,29)30)24-16-23(27-32-24)15-21-12-10-20(11-13-21)9-8-19-5-2-1-3-6-19/h4,7,10-14,16,19,26H,1-3,5-6,8-9,15,17-18,25H2,(H2,28,29,30)/p+1/b14-4-,22-7+. The summed E-state index contributed by atoms with van der Waals surface area (Å²) in [5, 5.41) is 5.67. The van der Waals surface area contributed by atoms with Gasteiger partial charge in [0.1, 0.15) is 0 Å². The summed E-state index contributed by atoms with van der Waals surface area (Å²) in [6.07, 6.45) is 15.2. The predicted octanol–water partition coefficient (Wildman–Crippen LogP) is 3.26. The van der Waals surface area contributed by atoms with E-state index in [1.54, 1.807) is 18.4 Å². The predicted molar refractivity (Wildman–Crippen MR) is 127 cm³/mol. The molecule has 1 fully saturated rings. The van der Waals surface area contributed by atoms with E-state index in [1.807, 2.05) is 6.07 Å². The first-order valence-corrected chi connectivity index (χ1v) is 13.1. The third-order valence-electron chi connectivity index (χ3n) is 5.95. The van der Waals surface area contributed by atoms with E-state index in [1.165, 1.54) is 55.0 Å². The largest absolute Gasteiger partial charge is 0.474 e. The maximum atomic E-state index is 10.6. The number of benzene rings is 1. The Morgan fingerprint density at radius 1 is 1.21 bits per heavy atom. The molecule has 1 aliphatic carbocycles. The van der Waals surface area contributed by atoms with E-state index in [4.69, 9.17) is 20.0 Å². The van der Waals surface area contributed by atoms with Gasteiger partial charge in [-0.2, -0.15) is 0 Å². The first kappa shape index (κ1) is 25.6. The molecule has 0 saturated heterocycles. The molecule has 0 aliphatic heterocycles. The quantitative estimate of drug-likeness (QED) is 0.160. The summed E-state index contributed by atoms with van der Waals surface area (Å²) in [4.78, 5) is 17.3. The van der Waals surface area contributed by atoms with Crippen LogP contribution in [0.3, 0.4) is 0 Å². The Balaban J connectivity index is 1.48. The SMILES string of the molecule is NC/C(=C\C=C/[NH2+]COP(=O)(O)O)c1cc(Cc2ccc(CCC3CCCCC3)cc2)no1. The fraction of sp³-hybridized carbons (Fsp3) is 0.458. The number of phosphoric ester groups is 1. The molecular formula is C24H35N3O5P+. The molecule has 0 bridgehead atoms. The molecule has 1 heterocycles. The van der Waals surface area contributed by atoms with Gasteiger partial charge < -0.3 is 20.0 Å². The lowest BCUT2D eigenvalue weighted by molar-refractivity contribution is -0.617. The second-order valence-electron chi connectivity index (χ2n) is 8.52. The molecule has 1 saturated carbocycles. The third-order valence-corrected chi connectivity index (χ3v) is 6.44. The lowest BCUT2D eigenvalue weighted by Gasteiger charge is -2.21. The van der Waals surface area contributed by atoms with Crippen molar-refractivity contribution in [3.05, 3.63) is 71.3 Å². The number of quaternary nitrogens is 1. The van der Waals surface area contributed by atoms with Crippen molar-refractivity contribution >= 4 is 13.4 Å². The van der Waals surface area contributed by atoms with Crippen LogP contribution in [-0.2, 0) is 21.9 Å². The van der Waals surface area contributed by atoms with E-state index >= 15 is 0 Å². The maximum Gasteiger partial charge on any atom is 0.474 e. The number of aryl methyl sites for hydroxylation is 1. The fourth-order valence-corrected chi connectivity index (χ4v) is 4.40. The number of nitrogens with zero attached hydrogens (tertiary/aromatic N) is 1. The monoisotopic (exact) mass is 476 g/mol. The Morgan fingerprint density at radius 2 is 1.94 bits per heavy atom. The second kappa shape index (κ2) is 13.0. The minimum absolute atomic E-state index is 0.182. The van der Waals surface area contributed by atoms with Gasteiger partial charge in [0, 0.05) is 24.6 Å². The molecule has 1 aromatic carbocycles. The van der Waals surface area contributed by atoms with E-state index in [9.17, 15) is 4.57 Å². The van der Waals surface area contributed by atoms with Crippen LogP contribution >= 0.6 is 7.82 Å². The van der Waals surface area contributed by atoms with Crippen LogP contribution in [0.4, 0.5) is 0 Å². The third kappa shape index (κ3) is 9.37. The van der Waals surface area contributed by atoms with Crippen LogP contribution in [0.25, 0.3) is 5.57 Å². The van der Waals surface area contributed by atoms with Gasteiger partial charge in [-0.15, -0.1) is 0 Å². The van der Waals surface area contributed by atoms with Gasteiger partial charge >= 0.3 is 7.82 Å².